The number of amides is 2. The molecule has 2 aliphatic heterocycles. The highest BCUT2D eigenvalue weighted by Gasteiger charge is 2.23. The largest absolute Gasteiger partial charge is 0.311 e. The van der Waals surface area contributed by atoms with E-state index in [0.717, 1.165) is 30.3 Å². The Hall–Kier alpha value is -2.28. The number of nitrogens with zero attached hydrogens (tertiary/aromatic N) is 4. The monoisotopic (exact) mass is 314 g/mol. The maximum absolute atomic E-state index is 12.4. The van der Waals surface area contributed by atoms with Crippen LogP contribution in [0.2, 0.25) is 0 Å². The van der Waals surface area contributed by atoms with E-state index in [1.54, 1.807) is 4.90 Å². The summed E-state index contributed by atoms with van der Waals surface area (Å²) in [5.41, 5.74) is 2.17. The minimum atomic E-state index is -0.506. The summed E-state index contributed by atoms with van der Waals surface area (Å²) in [5, 5.41) is 7.60. The van der Waals surface area contributed by atoms with Gasteiger partial charge in [0, 0.05) is 12.2 Å². The molecule has 0 saturated heterocycles. The maximum Gasteiger partial charge on any atom is 0.299 e. The van der Waals surface area contributed by atoms with Crippen molar-refractivity contribution in [3.8, 4) is 0 Å². The van der Waals surface area contributed by atoms with Gasteiger partial charge in [0.25, 0.3) is 5.91 Å². The Morgan fingerprint density at radius 3 is 2.95 bits per heavy atom. The number of carbonyl (C=O) groups excluding carboxylic acids is 2. The Kier molecular flexibility index (Phi) is 4.15. The van der Waals surface area contributed by atoms with E-state index in [1.165, 1.54) is 5.56 Å². The van der Waals surface area contributed by atoms with Crippen LogP contribution >= 0.6 is 11.8 Å². The van der Waals surface area contributed by atoms with Gasteiger partial charge in [-0.3, -0.25) is 9.59 Å². The molecule has 0 fully saturated rings. The first-order valence-electron chi connectivity index (χ1n) is 6.90. The van der Waals surface area contributed by atoms with E-state index in [9.17, 15) is 9.59 Å². The lowest BCUT2D eigenvalue weighted by Gasteiger charge is -2.29. The number of hydrogen-bond acceptors (Lipinski definition) is 5. The number of amidine groups is 1. The van der Waals surface area contributed by atoms with Crippen molar-refractivity contribution >= 4 is 34.4 Å². The number of azo groups is 1. The fraction of sp³-hybridized carbons (Fsp3) is 0.267. The predicted octanol–water partition coefficient (Wildman–Crippen LogP) is 2.56. The summed E-state index contributed by atoms with van der Waals surface area (Å²) in [7, 11) is 0. The minimum Gasteiger partial charge on any atom is -0.311 e. The zero-order valence-electron chi connectivity index (χ0n) is 11.9. The molecule has 1 aromatic rings. The van der Waals surface area contributed by atoms with Crippen LogP contribution in [0.4, 0.5) is 5.69 Å². The van der Waals surface area contributed by atoms with Crippen LogP contribution < -0.4 is 4.90 Å². The number of rotatable bonds is 2. The SMILES string of the molecule is C=C1N=NC(SCC(=O)N2CCCc3ccccc32)=NC1=O. The van der Waals surface area contributed by atoms with Gasteiger partial charge in [-0.25, -0.2) is 0 Å². The lowest BCUT2D eigenvalue weighted by Crippen LogP contribution is -2.36. The average Bonchev–Trinajstić information content (AvgIpc) is 2.55. The third-order valence-corrected chi connectivity index (χ3v) is 4.26. The molecule has 0 unspecified atom stereocenters. The van der Waals surface area contributed by atoms with Gasteiger partial charge < -0.3 is 4.90 Å². The summed E-state index contributed by atoms with van der Waals surface area (Å²) in [6.07, 6.45) is 1.94. The average molecular weight is 314 g/mol. The second kappa shape index (κ2) is 6.23. The number of carbonyl (C=O) groups is 2. The molecule has 0 radical (unpaired) electrons. The molecule has 2 heterocycles. The summed E-state index contributed by atoms with van der Waals surface area (Å²) in [6.45, 7) is 4.13. The van der Waals surface area contributed by atoms with Crippen molar-refractivity contribution < 1.29 is 9.59 Å². The second-order valence-corrected chi connectivity index (χ2v) is 5.86. The maximum atomic E-state index is 12.4. The molecule has 0 spiro atoms. The summed E-state index contributed by atoms with van der Waals surface area (Å²) >= 11 is 1.12. The van der Waals surface area contributed by atoms with Crippen LogP contribution in [0.25, 0.3) is 0 Å². The molecule has 0 bridgehead atoms. The predicted molar refractivity (Wildman–Crippen MR) is 86.0 cm³/mol. The molecule has 2 aliphatic rings. The molecule has 0 N–H and O–H groups in total. The molecular formula is C15H14N4O2S. The highest BCUT2D eigenvalue weighted by Crippen LogP contribution is 2.27. The zero-order valence-corrected chi connectivity index (χ0v) is 12.7. The van der Waals surface area contributed by atoms with E-state index < -0.39 is 5.91 Å². The second-order valence-electron chi connectivity index (χ2n) is 4.91. The number of thioether (sulfide) groups is 1. The van der Waals surface area contributed by atoms with Crippen LogP contribution in [0.1, 0.15) is 12.0 Å². The normalized spacial score (nSPS) is 17.3. The van der Waals surface area contributed by atoms with Crippen LogP contribution in [0.3, 0.4) is 0 Å². The molecule has 0 atom stereocenters. The van der Waals surface area contributed by atoms with Gasteiger partial charge >= 0.3 is 0 Å². The number of benzene rings is 1. The third kappa shape index (κ3) is 2.99. The van der Waals surface area contributed by atoms with Crippen molar-refractivity contribution in [1.29, 1.82) is 0 Å². The van der Waals surface area contributed by atoms with E-state index in [4.69, 9.17) is 0 Å². The topological polar surface area (TPSA) is 74.5 Å². The Morgan fingerprint density at radius 2 is 2.14 bits per heavy atom. The third-order valence-electron chi connectivity index (χ3n) is 3.44. The van der Waals surface area contributed by atoms with Crippen molar-refractivity contribution in [3.63, 3.8) is 0 Å². The number of fused-ring (bicyclic) bond motifs is 1. The van der Waals surface area contributed by atoms with Crippen molar-refractivity contribution in [1.82, 2.24) is 0 Å². The van der Waals surface area contributed by atoms with Crippen LogP contribution in [0, 0.1) is 0 Å². The Balaban J connectivity index is 1.67. The van der Waals surface area contributed by atoms with Gasteiger partial charge in [0.1, 0.15) is 5.70 Å². The number of hydrogen-bond donors (Lipinski definition) is 0. The van der Waals surface area contributed by atoms with Gasteiger partial charge in [-0.1, -0.05) is 36.5 Å². The molecule has 2 amide bonds. The van der Waals surface area contributed by atoms with Crippen molar-refractivity contribution in [3.05, 3.63) is 42.1 Å². The number of aryl methyl sites for hydroxylation is 1. The first-order chi connectivity index (χ1) is 10.6. The fourth-order valence-corrected chi connectivity index (χ4v) is 3.03. The molecule has 0 saturated carbocycles. The lowest BCUT2D eigenvalue weighted by atomic mass is 10.0. The first-order valence-corrected chi connectivity index (χ1v) is 7.88. The van der Waals surface area contributed by atoms with Crippen LogP contribution in [0.5, 0.6) is 0 Å². The van der Waals surface area contributed by atoms with Crippen LogP contribution in [0.15, 0.2) is 51.8 Å². The quantitative estimate of drug-likeness (QED) is 0.787. The Labute approximate surface area is 132 Å². The standard InChI is InChI=1S/C15H14N4O2S/c1-10-14(21)16-15(18-17-10)22-9-13(20)19-8-4-6-11-5-2-3-7-12(11)19/h2-3,5,7H,1,4,6,8-9H2. The van der Waals surface area contributed by atoms with Gasteiger partial charge in [-0.05, 0) is 24.5 Å². The fourth-order valence-electron chi connectivity index (χ4n) is 2.38. The van der Waals surface area contributed by atoms with E-state index in [1.807, 2.05) is 24.3 Å². The highest BCUT2D eigenvalue weighted by molar-refractivity contribution is 8.14. The number of aliphatic imine (C=N–C) groups is 1. The minimum absolute atomic E-state index is 0.0145. The van der Waals surface area contributed by atoms with E-state index in [2.05, 4.69) is 21.8 Å². The zero-order chi connectivity index (χ0) is 15.5. The van der Waals surface area contributed by atoms with Crippen molar-refractivity contribution in [2.45, 2.75) is 12.8 Å². The van der Waals surface area contributed by atoms with E-state index in [0.29, 0.717) is 6.54 Å². The van der Waals surface area contributed by atoms with Crippen LogP contribution in [-0.4, -0.2) is 29.3 Å². The highest BCUT2D eigenvalue weighted by atomic mass is 32.2. The van der Waals surface area contributed by atoms with E-state index >= 15 is 0 Å². The molecule has 112 valence electrons. The smallest absolute Gasteiger partial charge is 0.299 e. The molecule has 1 aromatic carbocycles. The van der Waals surface area contributed by atoms with Crippen molar-refractivity contribution in [2.24, 2.45) is 15.2 Å². The Morgan fingerprint density at radius 1 is 1.32 bits per heavy atom. The van der Waals surface area contributed by atoms with Gasteiger partial charge in [0.05, 0.1) is 5.75 Å². The van der Waals surface area contributed by atoms with E-state index in [-0.39, 0.29) is 22.5 Å². The first kappa shape index (κ1) is 14.6. The van der Waals surface area contributed by atoms with Gasteiger partial charge in [-0.2, -0.15) is 4.99 Å². The molecule has 7 heteroatoms. The molecular weight excluding hydrogens is 300 g/mol. The van der Waals surface area contributed by atoms with Gasteiger partial charge in [-0.15, -0.1) is 10.2 Å². The number of anilines is 1. The summed E-state index contributed by atoms with van der Waals surface area (Å²) < 4.78 is 0. The molecule has 0 aliphatic carbocycles. The van der Waals surface area contributed by atoms with Gasteiger partial charge in [0.2, 0.25) is 11.1 Å². The Bertz CT molecular complexity index is 711. The molecule has 3 rings (SSSR count). The van der Waals surface area contributed by atoms with Crippen LogP contribution in [-0.2, 0) is 16.0 Å². The van der Waals surface area contributed by atoms with Crippen molar-refractivity contribution in [2.75, 3.05) is 17.2 Å². The molecule has 6 nitrogen and oxygen atoms in total. The summed E-state index contributed by atoms with van der Waals surface area (Å²) in [6, 6.07) is 7.92. The summed E-state index contributed by atoms with van der Waals surface area (Å²) in [4.78, 5) is 29.3. The molecule has 22 heavy (non-hydrogen) atoms. The molecule has 0 aromatic heterocycles. The lowest BCUT2D eigenvalue weighted by molar-refractivity contribution is -0.116. The number of para-hydroxylation sites is 1. The summed E-state index contributed by atoms with van der Waals surface area (Å²) in [5.74, 6) is -0.355. The van der Waals surface area contributed by atoms with Gasteiger partial charge in [0.15, 0.2) is 0 Å².